The smallest absolute Gasteiger partial charge is 0.241 e. The van der Waals surface area contributed by atoms with E-state index < -0.39 is 10.0 Å². The summed E-state index contributed by atoms with van der Waals surface area (Å²) in [4.78, 5) is 11.9. The van der Waals surface area contributed by atoms with Gasteiger partial charge in [-0.1, -0.05) is 0 Å². The highest BCUT2D eigenvalue weighted by Gasteiger charge is 2.20. The minimum atomic E-state index is -3.75. The van der Waals surface area contributed by atoms with Crippen LogP contribution >= 0.6 is 0 Å². The molecule has 0 aliphatic carbocycles. The molecule has 1 heterocycles. The molecule has 1 aliphatic rings. The van der Waals surface area contributed by atoms with Gasteiger partial charge in [0.25, 0.3) is 0 Å². The summed E-state index contributed by atoms with van der Waals surface area (Å²) in [5, 5.41) is 2.67. The number of hydrogen-bond donors (Lipinski definition) is 2. The van der Waals surface area contributed by atoms with E-state index in [1.165, 1.54) is 13.2 Å². The lowest BCUT2D eigenvalue weighted by molar-refractivity contribution is -0.120. The minimum absolute atomic E-state index is 0.0272. The average Bonchev–Trinajstić information content (AvgIpc) is 3.04. The van der Waals surface area contributed by atoms with Crippen molar-refractivity contribution >= 4 is 15.9 Å². The number of hydrogen-bond acceptors (Lipinski definition) is 5. The summed E-state index contributed by atoms with van der Waals surface area (Å²) in [7, 11) is -2.23. The fourth-order valence-corrected chi connectivity index (χ4v) is 3.59. The van der Waals surface area contributed by atoms with Gasteiger partial charge in [0.1, 0.15) is 5.75 Å². The van der Waals surface area contributed by atoms with Crippen molar-refractivity contribution in [3.8, 4) is 5.75 Å². The van der Waals surface area contributed by atoms with Crippen molar-refractivity contribution in [3.05, 3.63) is 23.8 Å². The fourth-order valence-electron chi connectivity index (χ4n) is 2.38. The molecular weight excluding hydrogens is 320 g/mol. The summed E-state index contributed by atoms with van der Waals surface area (Å²) >= 11 is 0. The van der Waals surface area contributed by atoms with Crippen molar-refractivity contribution in [2.45, 2.75) is 30.8 Å². The largest absolute Gasteiger partial charge is 0.497 e. The summed E-state index contributed by atoms with van der Waals surface area (Å²) in [6.45, 7) is 2.49. The van der Waals surface area contributed by atoms with E-state index in [0.717, 1.165) is 12.8 Å². The number of methoxy groups -OCH3 is 1. The molecule has 1 fully saturated rings. The SMILES string of the molecule is COc1ccc(S(=O)(=O)NCC(=O)NCC2CCCO2)c(C)c1. The van der Waals surface area contributed by atoms with Gasteiger partial charge in [0.05, 0.1) is 24.7 Å². The zero-order valence-electron chi connectivity index (χ0n) is 13.3. The van der Waals surface area contributed by atoms with E-state index in [2.05, 4.69) is 10.0 Å². The van der Waals surface area contributed by atoms with Crippen molar-refractivity contribution in [2.75, 3.05) is 26.8 Å². The lowest BCUT2D eigenvalue weighted by Gasteiger charge is -2.12. The van der Waals surface area contributed by atoms with Gasteiger partial charge in [-0.3, -0.25) is 4.79 Å². The highest BCUT2D eigenvalue weighted by molar-refractivity contribution is 7.89. The van der Waals surface area contributed by atoms with Gasteiger partial charge in [-0.05, 0) is 43.5 Å². The van der Waals surface area contributed by atoms with E-state index in [9.17, 15) is 13.2 Å². The topological polar surface area (TPSA) is 93.7 Å². The fraction of sp³-hybridized carbons (Fsp3) is 0.533. The molecule has 2 N–H and O–H groups in total. The molecule has 0 aromatic heterocycles. The monoisotopic (exact) mass is 342 g/mol. The molecule has 0 spiro atoms. The Labute approximate surface area is 136 Å². The third-order valence-electron chi connectivity index (χ3n) is 3.65. The molecular formula is C15H22N2O5S. The van der Waals surface area contributed by atoms with Crippen molar-refractivity contribution in [3.63, 3.8) is 0 Å². The Bertz CT molecular complexity index is 654. The van der Waals surface area contributed by atoms with Gasteiger partial charge in [0, 0.05) is 13.2 Å². The van der Waals surface area contributed by atoms with Gasteiger partial charge in [0.15, 0.2) is 0 Å². The van der Waals surface area contributed by atoms with Gasteiger partial charge in [-0.25, -0.2) is 13.1 Å². The second-order valence-corrected chi connectivity index (χ2v) is 7.13. The number of nitrogens with one attached hydrogen (secondary N) is 2. The molecule has 8 heteroatoms. The maximum absolute atomic E-state index is 12.3. The summed E-state index contributed by atoms with van der Waals surface area (Å²) in [6, 6.07) is 4.66. The number of carbonyl (C=O) groups is 1. The van der Waals surface area contributed by atoms with Crippen molar-refractivity contribution < 1.29 is 22.7 Å². The molecule has 2 rings (SSSR count). The maximum atomic E-state index is 12.3. The summed E-state index contributed by atoms with van der Waals surface area (Å²) < 4.78 is 37.3. The van der Waals surface area contributed by atoms with Gasteiger partial charge in [0.2, 0.25) is 15.9 Å². The van der Waals surface area contributed by atoms with Gasteiger partial charge in [-0.15, -0.1) is 0 Å². The van der Waals surface area contributed by atoms with Gasteiger partial charge < -0.3 is 14.8 Å². The zero-order valence-corrected chi connectivity index (χ0v) is 14.1. The van der Waals surface area contributed by atoms with Crippen LogP contribution in [0, 0.1) is 6.92 Å². The number of carbonyl (C=O) groups excluding carboxylic acids is 1. The third kappa shape index (κ3) is 4.92. The van der Waals surface area contributed by atoms with Crippen molar-refractivity contribution in [2.24, 2.45) is 0 Å². The van der Waals surface area contributed by atoms with E-state index in [1.807, 2.05) is 0 Å². The first-order valence-electron chi connectivity index (χ1n) is 7.45. The lowest BCUT2D eigenvalue weighted by atomic mass is 10.2. The Kier molecular flexibility index (Phi) is 5.97. The van der Waals surface area contributed by atoms with Gasteiger partial charge in [-0.2, -0.15) is 0 Å². The van der Waals surface area contributed by atoms with E-state index in [4.69, 9.17) is 9.47 Å². The minimum Gasteiger partial charge on any atom is -0.497 e. The van der Waals surface area contributed by atoms with Crippen LogP contribution in [0.3, 0.4) is 0 Å². The van der Waals surface area contributed by atoms with E-state index in [1.54, 1.807) is 19.1 Å². The highest BCUT2D eigenvalue weighted by atomic mass is 32.2. The van der Waals surface area contributed by atoms with Crippen LogP contribution in [0.4, 0.5) is 0 Å². The number of benzene rings is 1. The molecule has 23 heavy (non-hydrogen) atoms. The van der Waals surface area contributed by atoms with E-state index >= 15 is 0 Å². The standard InChI is InChI=1S/C15H22N2O5S/c1-11-8-12(21-2)5-6-14(11)23(19,20)17-10-15(18)16-9-13-4-3-7-22-13/h5-6,8,13,17H,3-4,7,9-10H2,1-2H3,(H,16,18). The second kappa shape index (κ2) is 7.76. The Morgan fingerprint density at radius 1 is 1.43 bits per heavy atom. The predicted molar refractivity (Wildman–Crippen MR) is 84.9 cm³/mol. The van der Waals surface area contributed by atoms with Crippen molar-refractivity contribution in [1.29, 1.82) is 0 Å². The van der Waals surface area contributed by atoms with Crippen LogP contribution in [0.5, 0.6) is 5.75 Å². The summed E-state index contributed by atoms with van der Waals surface area (Å²) in [6.07, 6.45) is 1.93. The Morgan fingerprint density at radius 2 is 2.22 bits per heavy atom. The van der Waals surface area contributed by atoms with Crippen LogP contribution in [-0.2, 0) is 19.6 Å². The maximum Gasteiger partial charge on any atom is 0.241 e. The molecule has 0 saturated carbocycles. The first kappa shape index (κ1) is 17.7. The Morgan fingerprint density at radius 3 is 2.83 bits per heavy atom. The van der Waals surface area contributed by atoms with Crippen LogP contribution in [0.1, 0.15) is 18.4 Å². The number of ether oxygens (including phenoxy) is 2. The van der Waals surface area contributed by atoms with E-state index in [0.29, 0.717) is 24.5 Å². The Balaban J connectivity index is 1.89. The normalized spacial score (nSPS) is 17.9. The molecule has 1 aliphatic heterocycles. The quantitative estimate of drug-likeness (QED) is 0.756. The molecule has 1 amide bonds. The van der Waals surface area contributed by atoms with E-state index in [-0.39, 0.29) is 23.5 Å². The molecule has 1 saturated heterocycles. The summed E-state index contributed by atoms with van der Waals surface area (Å²) in [5.74, 6) is 0.200. The molecule has 1 unspecified atom stereocenters. The van der Waals surface area contributed by atoms with Crippen LogP contribution in [0.15, 0.2) is 23.1 Å². The number of aryl methyl sites for hydroxylation is 1. The highest BCUT2D eigenvalue weighted by Crippen LogP contribution is 2.20. The first-order valence-corrected chi connectivity index (χ1v) is 8.93. The summed E-state index contributed by atoms with van der Waals surface area (Å²) in [5.41, 5.74) is 0.552. The van der Waals surface area contributed by atoms with Gasteiger partial charge >= 0.3 is 0 Å². The van der Waals surface area contributed by atoms with Crippen LogP contribution < -0.4 is 14.8 Å². The van der Waals surface area contributed by atoms with Crippen LogP contribution in [0.2, 0.25) is 0 Å². The molecule has 1 atom stereocenters. The second-order valence-electron chi connectivity index (χ2n) is 5.40. The van der Waals surface area contributed by atoms with Crippen molar-refractivity contribution in [1.82, 2.24) is 10.0 Å². The molecule has 1 aromatic rings. The molecule has 0 radical (unpaired) electrons. The first-order chi connectivity index (χ1) is 10.9. The van der Waals surface area contributed by atoms with Crippen LogP contribution in [0.25, 0.3) is 0 Å². The number of amides is 1. The van der Waals surface area contributed by atoms with Crippen LogP contribution in [-0.4, -0.2) is 47.2 Å². The number of sulfonamides is 1. The predicted octanol–water partition coefficient (Wildman–Crippen LogP) is 0.577. The third-order valence-corrected chi connectivity index (χ3v) is 5.21. The lowest BCUT2D eigenvalue weighted by Crippen LogP contribution is -2.40. The molecule has 128 valence electrons. The zero-order chi connectivity index (χ0) is 16.9. The molecule has 7 nitrogen and oxygen atoms in total. The molecule has 0 bridgehead atoms. The average molecular weight is 342 g/mol. The Hall–Kier alpha value is -1.64. The number of rotatable bonds is 7. The molecule has 1 aromatic carbocycles.